The van der Waals surface area contributed by atoms with Crippen LogP contribution in [0.15, 0.2) is 60.7 Å². The fourth-order valence-electron chi connectivity index (χ4n) is 4.25. The van der Waals surface area contributed by atoms with Crippen molar-refractivity contribution in [2.75, 3.05) is 7.05 Å². The molecule has 0 saturated carbocycles. The number of carbonyl (C=O) groups excluding carboxylic acids is 1. The van der Waals surface area contributed by atoms with Crippen molar-refractivity contribution in [1.29, 1.82) is 0 Å². The van der Waals surface area contributed by atoms with Crippen molar-refractivity contribution in [2.24, 2.45) is 0 Å². The van der Waals surface area contributed by atoms with Crippen LogP contribution in [0.4, 0.5) is 13.2 Å². The van der Waals surface area contributed by atoms with Crippen LogP contribution in [0, 0.1) is 0 Å². The lowest BCUT2D eigenvalue weighted by Gasteiger charge is -2.23. The number of hydrogen-bond donors (Lipinski definition) is 0. The van der Waals surface area contributed by atoms with Gasteiger partial charge >= 0.3 is 6.18 Å². The molecule has 1 amide bonds. The molecule has 0 radical (unpaired) electrons. The fraction of sp³-hybridized carbons (Fsp3) is 0.208. The number of nitrogens with zero attached hydrogens (tertiary/aromatic N) is 4. The first kappa shape index (κ1) is 20.2. The van der Waals surface area contributed by atoms with Gasteiger partial charge in [0, 0.05) is 30.8 Å². The summed E-state index contributed by atoms with van der Waals surface area (Å²) in [6, 6.07) is 18.0. The SMILES string of the molecule is CN(Cc1ccccc1)C(=O)c1cc2nc3c(c(C(F)(F)F)n2n1)CCc1ccccc1-3. The third kappa shape index (κ3) is 3.41. The van der Waals surface area contributed by atoms with Crippen molar-refractivity contribution >= 4 is 11.6 Å². The van der Waals surface area contributed by atoms with Crippen molar-refractivity contribution < 1.29 is 18.0 Å². The standard InChI is InChI=1S/C24H19F3N4O/c1-30(14-15-7-3-2-4-8-15)23(32)19-13-20-28-21-17-10-6-5-9-16(17)11-12-18(21)22(24(25,26)27)31(20)29-19/h2-10,13H,11-12,14H2,1H3. The second kappa shape index (κ2) is 7.47. The maximum atomic E-state index is 14.2. The molecular weight excluding hydrogens is 417 g/mol. The van der Waals surface area contributed by atoms with Gasteiger partial charge in [-0.15, -0.1) is 0 Å². The van der Waals surface area contributed by atoms with Gasteiger partial charge in [0.1, 0.15) is 0 Å². The van der Waals surface area contributed by atoms with Gasteiger partial charge in [0.2, 0.25) is 0 Å². The van der Waals surface area contributed by atoms with Crippen molar-refractivity contribution in [3.63, 3.8) is 0 Å². The molecule has 2 heterocycles. The van der Waals surface area contributed by atoms with Crippen molar-refractivity contribution in [3.8, 4) is 11.3 Å². The van der Waals surface area contributed by atoms with E-state index in [1.165, 1.54) is 11.0 Å². The summed E-state index contributed by atoms with van der Waals surface area (Å²) in [6.07, 6.45) is -3.94. The van der Waals surface area contributed by atoms with Gasteiger partial charge in [-0.05, 0) is 24.0 Å². The largest absolute Gasteiger partial charge is 0.433 e. The summed E-state index contributed by atoms with van der Waals surface area (Å²) in [5.74, 6) is -0.467. The molecule has 0 N–H and O–H groups in total. The predicted molar refractivity (Wildman–Crippen MR) is 113 cm³/mol. The number of fused-ring (bicyclic) bond motifs is 4. The summed E-state index contributed by atoms with van der Waals surface area (Å²) in [5.41, 5.74) is 2.05. The highest BCUT2D eigenvalue weighted by molar-refractivity contribution is 5.93. The number of halogens is 3. The first-order chi connectivity index (χ1) is 15.3. The van der Waals surface area contributed by atoms with Gasteiger partial charge in [-0.25, -0.2) is 9.50 Å². The lowest BCUT2D eigenvalue weighted by atomic mass is 9.88. The number of alkyl halides is 3. The monoisotopic (exact) mass is 436 g/mol. The third-order valence-corrected chi connectivity index (χ3v) is 5.71. The highest BCUT2D eigenvalue weighted by Crippen LogP contribution is 2.40. The lowest BCUT2D eigenvalue weighted by Crippen LogP contribution is -2.27. The molecule has 2 aromatic carbocycles. The molecule has 5 rings (SSSR count). The van der Waals surface area contributed by atoms with Crippen LogP contribution in [-0.2, 0) is 25.6 Å². The Bertz CT molecular complexity index is 1330. The maximum absolute atomic E-state index is 14.2. The van der Waals surface area contributed by atoms with Crippen molar-refractivity contribution in [3.05, 3.63) is 88.7 Å². The Balaban J connectivity index is 1.62. The van der Waals surface area contributed by atoms with E-state index in [9.17, 15) is 18.0 Å². The van der Waals surface area contributed by atoms with E-state index in [0.717, 1.165) is 15.6 Å². The summed E-state index contributed by atoms with van der Waals surface area (Å²) < 4.78 is 43.2. The predicted octanol–water partition coefficient (Wildman–Crippen LogP) is 4.79. The Morgan fingerprint density at radius 2 is 1.78 bits per heavy atom. The van der Waals surface area contributed by atoms with Gasteiger partial charge in [-0.1, -0.05) is 54.6 Å². The molecule has 0 spiro atoms. The van der Waals surface area contributed by atoms with Gasteiger partial charge in [0.15, 0.2) is 17.0 Å². The number of aryl methyl sites for hydroxylation is 1. The van der Waals surface area contributed by atoms with Gasteiger partial charge in [0.25, 0.3) is 5.91 Å². The van der Waals surface area contributed by atoms with E-state index in [1.807, 2.05) is 42.5 Å². The molecule has 162 valence electrons. The fourth-order valence-corrected chi connectivity index (χ4v) is 4.25. The second-order valence-electron chi connectivity index (χ2n) is 7.89. The molecule has 32 heavy (non-hydrogen) atoms. The first-order valence-corrected chi connectivity index (χ1v) is 10.2. The normalized spacial score (nSPS) is 13.0. The van der Waals surface area contributed by atoms with Crippen LogP contribution >= 0.6 is 0 Å². The molecule has 5 nitrogen and oxygen atoms in total. The smallest absolute Gasteiger partial charge is 0.336 e. The van der Waals surface area contributed by atoms with Crippen LogP contribution in [0.1, 0.15) is 32.9 Å². The van der Waals surface area contributed by atoms with Gasteiger partial charge in [0.05, 0.1) is 5.69 Å². The molecule has 8 heteroatoms. The topological polar surface area (TPSA) is 50.5 Å². The summed E-state index contributed by atoms with van der Waals surface area (Å²) >= 11 is 0. The number of benzene rings is 2. The van der Waals surface area contributed by atoms with Gasteiger partial charge < -0.3 is 4.90 Å². The van der Waals surface area contributed by atoms with Crippen molar-refractivity contribution in [1.82, 2.24) is 19.5 Å². The minimum absolute atomic E-state index is 0.00393. The van der Waals surface area contributed by atoms with Crippen molar-refractivity contribution in [2.45, 2.75) is 25.6 Å². The molecule has 0 aliphatic heterocycles. The van der Waals surface area contributed by atoms with Gasteiger partial charge in [-0.2, -0.15) is 18.3 Å². The Hall–Kier alpha value is -3.68. The van der Waals surface area contributed by atoms with Crippen LogP contribution in [0.2, 0.25) is 0 Å². The summed E-state index contributed by atoms with van der Waals surface area (Å²) in [6.45, 7) is 0.316. The van der Waals surface area contributed by atoms with E-state index >= 15 is 0 Å². The van der Waals surface area contributed by atoms with E-state index < -0.39 is 17.8 Å². The molecular formula is C24H19F3N4O. The summed E-state index contributed by atoms with van der Waals surface area (Å²) in [5, 5.41) is 4.05. The maximum Gasteiger partial charge on any atom is 0.433 e. The second-order valence-corrected chi connectivity index (χ2v) is 7.89. The lowest BCUT2D eigenvalue weighted by molar-refractivity contribution is -0.143. The number of carbonyl (C=O) groups is 1. The van der Waals surface area contributed by atoms with Crippen LogP contribution in [0.5, 0.6) is 0 Å². The van der Waals surface area contributed by atoms with Crippen LogP contribution < -0.4 is 0 Å². The zero-order valence-electron chi connectivity index (χ0n) is 17.2. The molecule has 0 atom stereocenters. The van der Waals surface area contributed by atoms with Crippen LogP contribution in [0.3, 0.4) is 0 Å². The van der Waals surface area contributed by atoms with E-state index in [4.69, 9.17) is 0 Å². The minimum atomic E-state index is -4.64. The average Bonchev–Trinajstić information content (AvgIpc) is 3.20. The Kier molecular flexibility index (Phi) is 4.73. The number of amides is 1. The van der Waals surface area contributed by atoms with E-state index in [0.29, 0.717) is 24.2 Å². The molecule has 0 saturated heterocycles. The molecule has 2 aromatic heterocycles. The Morgan fingerprint density at radius 3 is 2.53 bits per heavy atom. The van der Waals surface area contributed by atoms with E-state index in [1.54, 1.807) is 19.2 Å². The molecule has 1 aliphatic rings. The highest BCUT2D eigenvalue weighted by Gasteiger charge is 2.40. The number of aromatic nitrogens is 3. The first-order valence-electron chi connectivity index (χ1n) is 10.2. The zero-order valence-corrected chi connectivity index (χ0v) is 17.2. The Labute approximate surface area is 182 Å². The van der Waals surface area contributed by atoms with Crippen LogP contribution in [0.25, 0.3) is 16.9 Å². The third-order valence-electron chi connectivity index (χ3n) is 5.71. The summed E-state index contributed by atoms with van der Waals surface area (Å²) in [7, 11) is 1.60. The average molecular weight is 436 g/mol. The zero-order chi connectivity index (χ0) is 22.5. The van der Waals surface area contributed by atoms with Gasteiger partial charge in [-0.3, -0.25) is 4.79 Å². The number of rotatable bonds is 3. The molecule has 4 aromatic rings. The molecule has 1 aliphatic carbocycles. The highest BCUT2D eigenvalue weighted by atomic mass is 19.4. The quantitative estimate of drug-likeness (QED) is 0.464. The molecule has 0 unspecified atom stereocenters. The minimum Gasteiger partial charge on any atom is -0.336 e. The summed E-state index contributed by atoms with van der Waals surface area (Å²) in [4.78, 5) is 18.9. The van der Waals surface area contributed by atoms with E-state index in [2.05, 4.69) is 10.1 Å². The van der Waals surface area contributed by atoms with Crippen LogP contribution in [-0.4, -0.2) is 32.5 Å². The number of hydrogen-bond acceptors (Lipinski definition) is 3. The Morgan fingerprint density at radius 1 is 1.06 bits per heavy atom. The molecule has 0 fully saturated rings. The van der Waals surface area contributed by atoms with E-state index in [-0.39, 0.29) is 23.3 Å². The molecule has 0 bridgehead atoms.